The zero-order chi connectivity index (χ0) is 15.0. The van der Waals surface area contributed by atoms with E-state index >= 15 is 0 Å². The van der Waals surface area contributed by atoms with Crippen LogP contribution in [-0.2, 0) is 16.4 Å². The van der Waals surface area contributed by atoms with Crippen LogP contribution in [0.2, 0.25) is 0 Å². The van der Waals surface area contributed by atoms with Crippen molar-refractivity contribution in [3.63, 3.8) is 0 Å². The van der Waals surface area contributed by atoms with E-state index in [0.717, 1.165) is 18.8 Å². The van der Waals surface area contributed by atoms with Crippen molar-refractivity contribution in [2.45, 2.75) is 31.7 Å². The van der Waals surface area contributed by atoms with E-state index in [0.29, 0.717) is 12.3 Å². The Kier molecular flexibility index (Phi) is 7.62. The fourth-order valence-electron chi connectivity index (χ4n) is 1.76. The average molecular weight is 316 g/mol. The summed E-state index contributed by atoms with van der Waals surface area (Å²) < 4.78 is 22.1. The topological polar surface area (TPSA) is 46.2 Å². The normalized spacial score (nSPS) is 12.0. The Labute approximate surface area is 127 Å². The quantitative estimate of drug-likeness (QED) is 0.562. The Hall–Kier alpha value is -0.520. The number of hydrogen-bond donors (Lipinski definition) is 1. The molecule has 0 aliphatic heterocycles. The van der Waals surface area contributed by atoms with Gasteiger partial charge in [0.05, 0.1) is 5.75 Å². The highest BCUT2D eigenvalue weighted by molar-refractivity contribution is 7.99. The number of hydrogen-bond acceptors (Lipinski definition) is 4. The molecule has 0 heterocycles. The van der Waals surface area contributed by atoms with E-state index in [9.17, 15) is 8.42 Å². The molecule has 0 spiro atoms. The second kappa shape index (κ2) is 8.70. The van der Waals surface area contributed by atoms with E-state index in [1.54, 1.807) is 11.8 Å². The summed E-state index contributed by atoms with van der Waals surface area (Å²) in [5, 5.41) is 3.43. The Morgan fingerprint density at radius 2 is 2.05 bits per heavy atom. The Balaban J connectivity index is 2.36. The predicted molar refractivity (Wildman–Crippen MR) is 88.0 cm³/mol. The molecule has 0 atom stereocenters. The maximum Gasteiger partial charge on any atom is 0.147 e. The lowest BCUT2D eigenvalue weighted by atomic mass is 10.2. The van der Waals surface area contributed by atoms with Gasteiger partial charge in [-0.05, 0) is 42.3 Å². The highest BCUT2D eigenvalue weighted by atomic mass is 32.2. The largest absolute Gasteiger partial charge is 0.312 e. The predicted octanol–water partition coefficient (Wildman–Crippen LogP) is 2.96. The van der Waals surface area contributed by atoms with E-state index in [1.165, 1.54) is 16.7 Å². The van der Waals surface area contributed by atoms with Crippen LogP contribution in [0.15, 0.2) is 29.2 Å². The van der Waals surface area contributed by atoms with Gasteiger partial charge in [0.15, 0.2) is 0 Å². The molecule has 0 saturated heterocycles. The molecule has 0 saturated carbocycles. The molecule has 0 aliphatic carbocycles. The summed E-state index contributed by atoms with van der Waals surface area (Å²) in [7, 11) is -2.83. The highest BCUT2D eigenvalue weighted by Gasteiger charge is 2.02. The number of benzene rings is 1. The third kappa shape index (κ3) is 8.61. The number of nitrogens with one attached hydrogen (secondary N) is 1. The van der Waals surface area contributed by atoms with Crippen molar-refractivity contribution in [3.05, 3.63) is 29.8 Å². The zero-order valence-electron chi connectivity index (χ0n) is 12.6. The molecule has 3 nitrogen and oxygen atoms in total. The Morgan fingerprint density at radius 3 is 2.70 bits per heavy atom. The Morgan fingerprint density at radius 1 is 1.30 bits per heavy atom. The summed E-state index contributed by atoms with van der Waals surface area (Å²) in [5.41, 5.74) is 1.28. The molecule has 20 heavy (non-hydrogen) atoms. The van der Waals surface area contributed by atoms with Crippen LogP contribution in [0.1, 0.15) is 25.8 Å². The molecule has 0 radical (unpaired) electrons. The molecule has 1 aromatic rings. The highest BCUT2D eigenvalue weighted by Crippen LogP contribution is 2.20. The summed E-state index contributed by atoms with van der Waals surface area (Å²) in [6.07, 6.45) is 2.00. The lowest BCUT2D eigenvalue weighted by Crippen LogP contribution is -2.18. The first-order valence-electron chi connectivity index (χ1n) is 6.97. The molecule has 0 unspecified atom stereocenters. The SMILES string of the molecule is CC(C)CNCc1cccc(SCCCS(C)(=O)=O)c1. The van der Waals surface area contributed by atoms with Gasteiger partial charge in [-0.2, -0.15) is 0 Å². The standard InChI is InChI=1S/C15H25NO2S2/c1-13(2)11-16-12-14-6-4-7-15(10-14)19-8-5-9-20(3,17)18/h4,6-7,10,13,16H,5,8-9,11-12H2,1-3H3. The van der Waals surface area contributed by atoms with Gasteiger partial charge < -0.3 is 5.32 Å². The maximum atomic E-state index is 11.1. The number of thioether (sulfide) groups is 1. The van der Waals surface area contributed by atoms with Gasteiger partial charge in [-0.3, -0.25) is 0 Å². The first kappa shape index (κ1) is 17.5. The van der Waals surface area contributed by atoms with Crippen molar-refractivity contribution in [3.8, 4) is 0 Å². The molecule has 1 N–H and O–H groups in total. The molecule has 1 rings (SSSR count). The molecular formula is C15H25NO2S2. The third-order valence-electron chi connectivity index (χ3n) is 2.71. The first-order valence-corrected chi connectivity index (χ1v) is 10.0. The van der Waals surface area contributed by atoms with E-state index in [-0.39, 0.29) is 5.75 Å². The monoisotopic (exact) mass is 315 g/mol. The van der Waals surface area contributed by atoms with Gasteiger partial charge >= 0.3 is 0 Å². The molecule has 0 aliphatic rings. The number of sulfone groups is 1. The second-order valence-corrected chi connectivity index (χ2v) is 8.93. The van der Waals surface area contributed by atoms with Crippen molar-refractivity contribution >= 4 is 21.6 Å². The smallest absolute Gasteiger partial charge is 0.147 e. The summed E-state index contributed by atoms with van der Waals surface area (Å²) in [6.45, 7) is 6.30. The van der Waals surface area contributed by atoms with Crippen LogP contribution in [-0.4, -0.2) is 32.7 Å². The average Bonchev–Trinajstić information content (AvgIpc) is 2.34. The van der Waals surface area contributed by atoms with Crippen molar-refractivity contribution in [1.29, 1.82) is 0 Å². The van der Waals surface area contributed by atoms with Crippen molar-refractivity contribution in [2.75, 3.05) is 24.3 Å². The lowest BCUT2D eigenvalue weighted by Gasteiger charge is -2.08. The molecule has 1 aromatic carbocycles. The molecular weight excluding hydrogens is 290 g/mol. The zero-order valence-corrected chi connectivity index (χ0v) is 14.2. The van der Waals surface area contributed by atoms with Crippen LogP contribution >= 0.6 is 11.8 Å². The first-order chi connectivity index (χ1) is 9.37. The molecule has 0 amide bonds. The van der Waals surface area contributed by atoms with Gasteiger partial charge in [0.25, 0.3) is 0 Å². The molecule has 114 valence electrons. The summed E-state index contributed by atoms with van der Waals surface area (Å²) in [5.74, 6) is 1.77. The fraction of sp³-hybridized carbons (Fsp3) is 0.600. The minimum atomic E-state index is -2.83. The van der Waals surface area contributed by atoms with Gasteiger partial charge in [-0.15, -0.1) is 11.8 Å². The van der Waals surface area contributed by atoms with Gasteiger partial charge in [0.1, 0.15) is 9.84 Å². The van der Waals surface area contributed by atoms with Crippen LogP contribution in [0.25, 0.3) is 0 Å². The Bertz CT molecular complexity index is 498. The maximum absolute atomic E-state index is 11.1. The van der Waals surface area contributed by atoms with E-state index in [1.807, 2.05) is 0 Å². The minimum Gasteiger partial charge on any atom is -0.312 e. The number of rotatable bonds is 9. The van der Waals surface area contributed by atoms with Crippen molar-refractivity contribution in [2.24, 2.45) is 5.92 Å². The van der Waals surface area contributed by atoms with Crippen LogP contribution < -0.4 is 5.32 Å². The van der Waals surface area contributed by atoms with Crippen LogP contribution in [0, 0.1) is 5.92 Å². The van der Waals surface area contributed by atoms with E-state index in [2.05, 4.69) is 43.4 Å². The lowest BCUT2D eigenvalue weighted by molar-refractivity contribution is 0.552. The molecule has 0 fully saturated rings. The molecule has 0 bridgehead atoms. The summed E-state index contributed by atoms with van der Waals surface area (Å²) in [4.78, 5) is 1.21. The third-order valence-corrected chi connectivity index (χ3v) is 4.82. The fourth-order valence-corrected chi connectivity index (χ4v) is 3.55. The van der Waals surface area contributed by atoms with Crippen molar-refractivity contribution in [1.82, 2.24) is 5.32 Å². The summed E-state index contributed by atoms with van der Waals surface area (Å²) in [6, 6.07) is 8.44. The molecule has 5 heteroatoms. The molecule has 0 aromatic heterocycles. The van der Waals surface area contributed by atoms with Gasteiger partial charge in [-0.1, -0.05) is 26.0 Å². The summed E-state index contributed by atoms with van der Waals surface area (Å²) >= 11 is 1.72. The minimum absolute atomic E-state index is 0.273. The van der Waals surface area contributed by atoms with Gasteiger partial charge in [-0.25, -0.2) is 8.42 Å². The van der Waals surface area contributed by atoms with Crippen LogP contribution in [0.3, 0.4) is 0 Å². The van der Waals surface area contributed by atoms with E-state index in [4.69, 9.17) is 0 Å². The van der Waals surface area contributed by atoms with Gasteiger partial charge in [0, 0.05) is 17.7 Å². The second-order valence-electron chi connectivity index (χ2n) is 5.50. The van der Waals surface area contributed by atoms with E-state index < -0.39 is 9.84 Å². The van der Waals surface area contributed by atoms with Crippen LogP contribution in [0.5, 0.6) is 0 Å². The van der Waals surface area contributed by atoms with Gasteiger partial charge in [0.2, 0.25) is 0 Å². The van der Waals surface area contributed by atoms with Crippen molar-refractivity contribution < 1.29 is 8.42 Å². The van der Waals surface area contributed by atoms with Crippen LogP contribution in [0.4, 0.5) is 0 Å².